The molecular weight excluding hydrogens is 183 g/mol. The summed E-state index contributed by atoms with van der Waals surface area (Å²) < 4.78 is 12.1. The fraction of sp³-hybridized carbons (Fsp3) is 0.714. The summed E-state index contributed by atoms with van der Waals surface area (Å²) in [5.41, 5.74) is -2.03. The fourth-order valence-electron chi connectivity index (χ4n) is 0.672. The number of hydrogen-bond acceptors (Lipinski definition) is 2. The second-order valence-electron chi connectivity index (χ2n) is 2.28. The van der Waals surface area contributed by atoms with Crippen LogP contribution in [0.15, 0.2) is 0 Å². The van der Waals surface area contributed by atoms with Gasteiger partial charge in [-0.15, -0.1) is 0 Å². The molecular formula is C7H10ClFN2O. The van der Waals surface area contributed by atoms with Crippen LogP contribution >= 0.6 is 11.6 Å². The van der Waals surface area contributed by atoms with E-state index in [-0.39, 0.29) is 12.5 Å². The van der Waals surface area contributed by atoms with Crippen LogP contribution in [0.2, 0.25) is 0 Å². The van der Waals surface area contributed by atoms with Crippen molar-refractivity contribution in [3.63, 3.8) is 0 Å². The molecule has 2 atom stereocenters. The number of nitrogens with one attached hydrogen (secondary N) is 1. The zero-order valence-electron chi connectivity index (χ0n) is 6.68. The van der Waals surface area contributed by atoms with E-state index < -0.39 is 11.5 Å². The summed E-state index contributed by atoms with van der Waals surface area (Å²) in [4.78, 5) is 10.7. The first-order valence-electron chi connectivity index (χ1n) is 3.57. The van der Waals surface area contributed by atoms with E-state index in [1.165, 1.54) is 0 Å². The first-order chi connectivity index (χ1) is 5.61. The maximum Gasteiger partial charge on any atom is 0.270 e. The molecule has 0 spiro atoms. The van der Waals surface area contributed by atoms with E-state index in [4.69, 9.17) is 16.9 Å². The second-order valence-corrected chi connectivity index (χ2v) is 2.66. The van der Waals surface area contributed by atoms with E-state index in [9.17, 15) is 9.18 Å². The lowest BCUT2D eigenvalue weighted by atomic mass is 10.2. The third-order valence-corrected chi connectivity index (χ3v) is 1.57. The molecule has 0 saturated heterocycles. The Morgan fingerprint density at radius 1 is 1.83 bits per heavy atom. The Morgan fingerprint density at radius 2 is 2.42 bits per heavy atom. The van der Waals surface area contributed by atoms with Crippen molar-refractivity contribution in [2.75, 3.05) is 0 Å². The fourth-order valence-corrected chi connectivity index (χ4v) is 0.735. The molecule has 0 heterocycles. The average Bonchev–Trinajstić information content (AvgIpc) is 2.03. The second kappa shape index (κ2) is 5.78. The summed E-state index contributed by atoms with van der Waals surface area (Å²) in [6.07, 6.45) is 0.759. The molecule has 68 valence electrons. The highest BCUT2D eigenvalue weighted by molar-refractivity contribution is 6.29. The molecule has 0 rings (SSSR count). The van der Waals surface area contributed by atoms with Gasteiger partial charge in [-0.2, -0.15) is 5.26 Å². The van der Waals surface area contributed by atoms with Crippen molar-refractivity contribution in [1.82, 2.24) is 5.32 Å². The summed E-state index contributed by atoms with van der Waals surface area (Å²) in [6.45, 7) is 1.80. The van der Waals surface area contributed by atoms with Gasteiger partial charge in [-0.25, -0.2) is 4.39 Å². The molecule has 0 saturated carbocycles. The molecule has 1 N–H and O–H groups in total. The van der Waals surface area contributed by atoms with Gasteiger partial charge in [-0.3, -0.25) is 4.79 Å². The van der Waals surface area contributed by atoms with Crippen molar-refractivity contribution in [3.05, 3.63) is 0 Å². The average molecular weight is 193 g/mol. The van der Waals surface area contributed by atoms with E-state index in [0.29, 0.717) is 6.42 Å². The van der Waals surface area contributed by atoms with Crippen LogP contribution in [0.4, 0.5) is 4.39 Å². The lowest BCUT2D eigenvalue weighted by molar-refractivity contribution is -0.124. The number of nitriles is 1. The highest BCUT2D eigenvalue weighted by atomic mass is 35.5. The normalized spacial score (nSPS) is 14.5. The number of hydrogen-bond donors (Lipinski definition) is 1. The number of alkyl halides is 2. The molecule has 3 nitrogen and oxygen atoms in total. The van der Waals surface area contributed by atoms with Crippen molar-refractivity contribution in [2.45, 2.75) is 31.4 Å². The third kappa shape index (κ3) is 4.14. The van der Waals surface area contributed by atoms with Crippen molar-refractivity contribution >= 4 is 17.5 Å². The molecule has 1 amide bonds. The van der Waals surface area contributed by atoms with Gasteiger partial charge in [0.25, 0.3) is 11.5 Å². The zero-order chi connectivity index (χ0) is 9.56. The van der Waals surface area contributed by atoms with Crippen molar-refractivity contribution in [3.8, 4) is 6.07 Å². The smallest absolute Gasteiger partial charge is 0.270 e. The van der Waals surface area contributed by atoms with Crippen LogP contribution in [-0.2, 0) is 4.79 Å². The maximum atomic E-state index is 12.1. The number of rotatable bonds is 4. The standard InChI is InChI=1S/C7H10ClFN2O/c1-2-5(3-4-10)11-7(12)6(8)9/h5-6H,2-3H2,1H3,(H,11,12). The maximum absolute atomic E-state index is 12.1. The minimum atomic E-state index is -2.03. The zero-order valence-corrected chi connectivity index (χ0v) is 7.44. The Balaban J connectivity index is 3.87. The number of nitrogens with zero attached hydrogens (tertiary/aromatic N) is 1. The Bertz CT molecular complexity index is 190. The lowest BCUT2D eigenvalue weighted by Crippen LogP contribution is -2.37. The van der Waals surface area contributed by atoms with Crippen LogP contribution in [0.3, 0.4) is 0 Å². The molecule has 0 aliphatic carbocycles. The quantitative estimate of drug-likeness (QED) is 0.684. The van der Waals surface area contributed by atoms with Gasteiger partial charge in [0.2, 0.25) is 0 Å². The van der Waals surface area contributed by atoms with Crippen LogP contribution < -0.4 is 5.32 Å². The monoisotopic (exact) mass is 192 g/mol. The summed E-state index contributed by atoms with van der Waals surface area (Å²) in [5.74, 6) is -0.876. The number of halogens is 2. The molecule has 0 aliphatic heterocycles. The van der Waals surface area contributed by atoms with Gasteiger partial charge in [-0.1, -0.05) is 18.5 Å². The lowest BCUT2D eigenvalue weighted by Gasteiger charge is -2.12. The molecule has 0 aromatic heterocycles. The summed E-state index contributed by atoms with van der Waals surface area (Å²) in [6, 6.07) is 1.58. The Hall–Kier alpha value is -0.820. The van der Waals surface area contributed by atoms with E-state index in [1.807, 2.05) is 6.07 Å². The van der Waals surface area contributed by atoms with Gasteiger partial charge in [0.15, 0.2) is 0 Å². The van der Waals surface area contributed by atoms with Gasteiger partial charge < -0.3 is 5.32 Å². The van der Waals surface area contributed by atoms with E-state index >= 15 is 0 Å². The number of carbonyl (C=O) groups excluding carboxylic acids is 1. The largest absolute Gasteiger partial charge is 0.349 e. The van der Waals surface area contributed by atoms with Gasteiger partial charge >= 0.3 is 0 Å². The topological polar surface area (TPSA) is 52.9 Å². The van der Waals surface area contributed by atoms with Crippen molar-refractivity contribution in [2.24, 2.45) is 0 Å². The minimum absolute atomic E-state index is 0.172. The van der Waals surface area contributed by atoms with Crippen LogP contribution in [0.1, 0.15) is 19.8 Å². The van der Waals surface area contributed by atoms with Crippen LogP contribution in [0.25, 0.3) is 0 Å². The van der Waals surface area contributed by atoms with Crippen LogP contribution in [0.5, 0.6) is 0 Å². The molecule has 5 heteroatoms. The SMILES string of the molecule is CCC(CC#N)NC(=O)C(F)Cl. The van der Waals surface area contributed by atoms with Crippen LogP contribution in [-0.4, -0.2) is 17.6 Å². The van der Waals surface area contributed by atoms with Gasteiger partial charge in [0.05, 0.1) is 12.5 Å². The molecule has 0 fully saturated rings. The molecule has 0 aromatic carbocycles. The molecule has 0 aliphatic rings. The van der Waals surface area contributed by atoms with Crippen molar-refractivity contribution in [1.29, 1.82) is 5.26 Å². The highest BCUT2D eigenvalue weighted by Crippen LogP contribution is 2.01. The Morgan fingerprint density at radius 3 is 2.75 bits per heavy atom. The third-order valence-electron chi connectivity index (χ3n) is 1.38. The summed E-state index contributed by atoms with van der Waals surface area (Å²) in [7, 11) is 0. The first kappa shape index (κ1) is 11.2. The van der Waals surface area contributed by atoms with Crippen molar-refractivity contribution < 1.29 is 9.18 Å². The Labute approximate surface area is 75.5 Å². The van der Waals surface area contributed by atoms with Crippen LogP contribution in [0, 0.1) is 11.3 Å². The summed E-state index contributed by atoms with van der Waals surface area (Å²) in [5, 5.41) is 10.6. The molecule has 0 radical (unpaired) electrons. The molecule has 0 aromatic rings. The summed E-state index contributed by atoms with van der Waals surface area (Å²) >= 11 is 4.87. The predicted octanol–water partition coefficient (Wildman–Crippen LogP) is 1.33. The highest BCUT2D eigenvalue weighted by Gasteiger charge is 2.16. The number of carbonyl (C=O) groups is 1. The first-order valence-corrected chi connectivity index (χ1v) is 4.01. The molecule has 0 bridgehead atoms. The minimum Gasteiger partial charge on any atom is -0.349 e. The predicted molar refractivity (Wildman–Crippen MR) is 43.2 cm³/mol. The van der Waals surface area contributed by atoms with E-state index in [0.717, 1.165) is 0 Å². The molecule has 12 heavy (non-hydrogen) atoms. The van der Waals surface area contributed by atoms with E-state index in [2.05, 4.69) is 5.32 Å². The Kier molecular flexibility index (Phi) is 5.39. The number of amides is 1. The van der Waals surface area contributed by atoms with E-state index in [1.54, 1.807) is 6.92 Å². The van der Waals surface area contributed by atoms with Gasteiger partial charge in [-0.05, 0) is 6.42 Å². The van der Waals surface area contributed by atoms with Gasteiger partial charge in [0.1, 0.15) is 0 Å². The molecule has 2 unspecified atom stereocenters. The van der Waals surface area contributed by atoms with Gasteiger partial charge in [0, 0.05) is 6.04 Å².